The van der Waals surface area contributed by atoms with Gasteiger partial charge in [0, 0.05) is 19.9 Å². The predicted octanol–water partition coefficient (Wildman–Crippen LogP) is 7.14. The van der Waals surface area contributed by atoms with Crippen LogP contribution in [0.25, 0.3) is 31.3 Å². The average Bonchev–Trinajstić information content (AvgIpc) is 2.88. The molecule has 0 radical (unpaired) electrons. The van der Waals surface area contributed by atoms with Gasteiger partial charge in [-0.2, -0.15) is 0 Å². The summed E-state index contributed by atoms with van der Waals surface area (Å²) in [4.78, 5) is 0. The summed E-state index contributed by atoms with van der Waals surface area (Å²) in [5, 5.41) is 3.32. The molecule has 0 nitrogen and oxygen atoms in total. The van der Waals surface area contributed by atoms with Crippen LogP contribution in [0.3, 0.4) is 0 Å². The zero-order valence-corrected chi connectivity index (χ0v) is 14.1. The van der Waals surface area contributed by atoms with Crippen LogP contribution in [0.15, 0.2) is 65.1 Å². The predicted molar refractivity (Wildman–Crippen MR) is 97.5 cm³/mol. The molecule has 0 aliphatic rings. The molecule has 0 atom stereocenters. The SMILES string of the molecule is Clc1ccc(-c2ccccc2)c2c1sc1ccc(Br)cc12. The molecule has 0 saturated carbocycles. The molecule has 1 heterocycles. The van der Waals surface area contributed by atoms with Gasteiger partial charge in [0.05, 0.1) is 9.72 Å². The van der Waals surface area contributed by atoms with Gasteiger partial charge in [-0.3, -0.25) is 0 Å². The molecule has 3 heteroatoms. The van der Waals surface area contributed by atoms with E-state index in [9.17, 15) is 0 Å². The van der Waals surface area contributed by atoms with Gasteiger partial charge < -0.3 is 0 Å². The minimum Gasteiger partial charge on any atom is -0.134 e. The van der Waals surface area contributed by atoms with Crippen LogP contribution in [-0.4, -0.2) is 0 Å². The second-order valence-corrected chi connectivity index (χ2v) is 7.28. The molecule has 0 spiro atoms. The van der Waals surface area contributed by atoms with Gasteiger partial charge >= 0.3 is 0 Å². The fourth-order valence-corrected chi connectivity index (χ4v) is 4.43. The molecule has 102 valence electrons. The van der Waals surface area contributed by atoms with Crippen molar-refractivity contribution in [2.24, 2.45) is 0 Å². The summed E-state index contributed by atoms with van der Waals surface area (Å²) in [5.41, 5.74) is 2.46. The number of halogens is 2. The Morgan fingerprint density at radius 2 is 1.71 bits per heavy atom. The van der Waals surface area contributed by atoms with Gasteiger partial charge in [-0.1, -0.05) is 63.9 Å². The highest BCUT2D eigenvalue weighted by molar-refractivity contribution is 9.10. The van der Waals surface area contributed by atoms with Crippen LogP contribution in [0.2, 0.25) is 5.02 Å². The molecule has 0 amide bonds. The number of thiophene rings is 1. The van der Waals surface area contributed by atoms with Gasteiger partial charge in [0.1, 0.15) is 0 Å². The molecule has 0 saturated heterocycles. The summed E-state index contributed by atoms with van der Waals surface area (Å²) in [5.74, 6) is 0. The van der Waals surface area contributed by atoms with Gasteiger partial charge in [-0.15, -0.1) is 11.3 Å². The summed E-state index contributed by atoms with van der Waals surface area (Å²) in [7, 11) is 0. The zero-order valence-electron chi connectivity index (χ0n) is 10.9. The van der Waals surface area contributed by atoms with Crippen molar-refractivity contribution in [3.63, 3.8) is 0 Å². The van der Waals surface area contributed by atoms with Gasteiger partial charge in [0.15, 0.2) is 0 Å². The molecule has 4 rings (SSSR count). The quantitative estimate of drug-likeness (QED) is 0.332. The minimum atomic E-state index is 0.821. The maximum absolute atomic E-state index is 6.43. The third kappa shape index (κ3) is 2.18. The highest BCUT2D eigenvalue weighted by Gasteiger charge is 2.13. The Kier molecular flexibility index (Phi) is 3.26. The van der Waals surface area contributed by atoms with E-state index in [0.717, 1.165) is 14.2 Å². The van der Waals surface area contributed by atoms with Crippen LogP contribution >= 0.6 is 38.9 Å². The molecule has 0 N–H and O–H groups in total. The molecule has 0 aliphatic carbocycles. The van der Waals surface area contributed by atoms with Crippen LogP contribution in [0, 0.1) is 0 Å². The molecular formula is C18H10BrClS. The van der Waals surface area contributed by atoms with Crippen molar-refractivity contribution in [2.45, 2.75) is 0 Å². The fraction of sp³-hybridized carbons (Fsp3) is 0. The van der Waals surface area contributed by atoms with Crippen LogP contribution in [0.4, 0.5) is 0 Å². The first-order chi connectivity index (χ1) is 10.2. The van der Waals surface area contributed by atoms with E-state index < -0.39 is 0 Å². The van der Waals surface area contributed by atoms with E-state index in [4.69, 9.17) is 11.6 Å². The van der Waals surface area contributed by atoms with Gasteiger partial charge in [-0.25, -0.2) is 0 Å². The average molecular weight is 374 g/mol. The topological polar surface area (TPSA) is 0 Å². The number of hydrogen-bond donors (Lipinski definition) is 0. The lowest BCUT2D eigenvalue weighted by Gasteiger charge is -2.06. The Hall–Kier alpha value is -1.35. The molecule has 1 aromatic heterocycles. The largest absolute Gasteiger partial charge is 0.134 e. The maximum Gasteiger partial charge on any atom is 0.0585 e. The monoisotopic (exact) mass is 372 g/mol. The third-order valence-electron chi connectivity index (χ3n) is 3.62. The van der Waals surface area contributed by atoms with Crippen molar-refractivity contribution in [3.8, 4) is 11.1 Å². The van der Waals surface area contributed by atoms with Gasteiger partial charge in [0.25, 0.3) is 0 Å². The number of hydrogen-bond acceptors (Lipinski definition) is 1. The molecule has 0 fully saturated rings. The van der Waals surface area contributed by atoms with E-state index in [1.165, 1.54) is 26.6 Å². The van der Waals surface area contributed by atoms with Crippen LogP contribution < -0.4 is 0 Å². The smallest absolute Gasteiger partial charge is 0.0585 e. The number of fused-ring (bicyclic) bond motifs is 3. The molecule has 4 aromatic rings. The summed E-state index contributed by atoms with van der Waals surface area (Å²) >= 11 is 11.8. The van der Waals surface area contributed by atoms with Crippen molar-refractivity contribution >= 4 is 59.0 Å². The Labute approximate surface area is 140 Å². The van der Waals surface area contributed by atoms with E-state index in [0.29, 0.717) is 0 Å². The lowest BCUT2D eigenvalue weighted by Crippen LogP contribution is -1.79. The van der Waals surface area contributed by atoms with Crippen molar-refractivity contribution in [2.75, 3.05) is 0 Å². The second-order valence-electron chi connectivity index (χ2n) is 4.91. The van der Waals surface area contributed by atoms with Crippen LogP contribution in [0.5, 0.6) is 0 Å². The third-order valence-corrected chi connectivity index (χ3v) is 5.74. The van der Waals surface area contributed by atoms with E-state index in [-0.39, 0.29) is 0 Å². The summed E-state index contributed by atoms with van der Waals surface area (Å²) in [6, 6.07) is 21.0. The lowest BCUT2D eigenvalue weighted by molar-refractivity contribution is 1.67. The first-order valence-electron chi connectivity index (χ1n) is 6.60. The number of benzene rings is 3. The summed E-state index contributed by atoms with van der Waals surface area (Å²) in [6.07, 6.45) is 0. The van der Waals surface area contributed by atoms with Crippen molar-refractivity contribution in [3.05, 3.63) is 70.2 Å². The van der Waals surface area contributed by atoms with E-state index in [2.05, 4.69) is 64.5 Å². The summed E-state index contributed by atoms with van der Waals surface area (Å²) < 4.78 is 3.51. The van der Waals surface area contributed by atoms with E-state index >= 15 is 0 Å². The Morgan fingerprint density at radius 3 is 2.52 bits per heavy atom. The molecule has 0 aliphatic heterocycles. The Bertz CT molecular complexity index is 957. The van der Waals surface area contributed by atoms with Crippen molar-refractivity contribution in [1.82, 2.24) is 0 Å². The highest BCUT2D eigenvalue weighted by Crippen LogP contribution is 2.43. The normalized spacial score (nSPS) is 11.3. The van der Waals surface area contributed by atoms with Crippen molar-refractivity contribution < 1.29 is 0 Å². The second kappa shape index (κ2) is 5.13. The minimum absolute atomic E-state index is 0.821. The standard InChI is InChI=1S/C18H10BrClS/c19-12-6-9-16-14(10-12)17-13(11-4-2-1-3-5-11)7-8-15(20)18(17)21-16/h1-10H. The Balaban J connectivity index is 2.19. The first kappa shape index (κ1) is 13.3. The lowest BCUT2D eigenvalue weighted by atomic mass is 10.00. The fourth-order valence-electron chi connectivity index (χ4n) is 2.68. The zero-order chi connectivity index (χ0) is 14.4. The molecule has 0 unspecified atom stereocenters. The van der Waals surface area contributed by atoms with Crippen LogP contribution in [-0.2, 0) is 0 Å². The van der Waals surface area contributed by atoms with Crippen molar-refractivity contribution in [1.29, 1.82) is 0 Å². The van der Waals surface area contributed by atoms with E-state index in [1.54, 1.807) is 11.3 Å². The van der Waals surface area contributed by atoms with E-state index in [1.807, 2.05) is 12.1 Å². The number of rotatable bonds is 1. The first-order valence-corrected chi connectivity index (χ1v) is 8.58. The Morgan fingerprint density at radius 1 is 0.905 bits per heavy atom. The van der Waals surface area contributed by atoms with Gasteiger partial charge in [0.2, 0.25) is 0 Å². The summed E-state index contributed by atoms with van der Waals surface area (Å²) in [6.45, 7) is 0. The highest BCUT2D eigenvalue weighted by atomic mass is 79.9. The molecule has 0 bridgehead atoms. The molecule has 3 aromatic carbocycles. The molecular weight excluding hydrogens is 364 g/mol. The molecule has 21 heavy (non-hydrogen) atoms. The van der Waals surface area contributed by atoms with Crippen LogP contribution in [0.1, 0.15) is 0 Å². The van der Waals surface area contributed by atoms with Gasteiger partial charge in [-0.05, 0) is 35.4 Å². The maximum atomic E-state index is 6.43.